The van der Waals surface area contributed by atoms with Gasteiger partial charge in [-0.1, -0.05) is 6.92 Å². The van der Waals surface area contributed by atoms with E-state index in [0.717, 1.165) is 6.42 Å². The van der Waals surface area contributed by atoms with Crippen molar-refractivity contribution in [3.63, 3.8) is 0 Å². The van der Waals surface area contributed by atoms with Crippen molar-refractivity contribution in [2.45, 2.75) is 13.3 Å². The van der Waals surface area contributed by atoms with Gasteiger partial charge in [0, 0.05) is 19.6 Å². The summed E-state index contributed by atoms with van der Waals surface area (Å²) in [5.74, 6) is 0. The van der Waals surface area contributed by atoms with Crippen LogP contribution in [-0.2, 0) is 15.0 Å². The highest BCUT2D eigenvalue weighted by atomic mass is 32.2. The van der Waals surface area contributed by atoms with Gasteiger partial charge in [0.2, 0.25) is 0 Å². The van der Waals surface area contributed by atoms with E-state index in [0.29, 0.717) is 25.9 Å². The van der Waals surface area contributed by atoms with Gasteiger partial charge in [0.15, 0.2) is 0 Å². The predicted octanol–water partition coefficient (Wildman–Crippen LogP) is -0.542. The lowest BCUT2D eigenvalue weighted by Crippen LogP contribution is -2.49. The molecule has 0 amide bonds. The van der Waals surface area contributed by atoms with E-state index in [2.05, 4.69) is 0 Å². The number of nitrogens with zero attached hydrogens (tertiary/aromatic N) is 2. The molecule has 0 spiro atoms. The summed E-state index contributed by atoms with van der Waals surface area (Å²) in [5, 5.41) is 0. The molecule has 0 N–H and O–H groups in total. The van der Waals surface area contributed by atoms with Crippen LogP contribution < -0.4 is 0 Å². The van der Waals surface area contributed by atoms with E-state index >= 15 is 0 Å². The summed E-state index contributed by atoms with van der Waals surface area (Å²) in [6.45, 7) is 3.25. The second kappa shape index (κ2) is 4.17. The SMILES string of the molecule is CCN1CCCN(CC=O)S1(=O)=O. The zero-order valence-corrected chi connectivity index (χ0v) is 8.46. The van der Waals surface area contributed by atoms with Gasteiger partial charge in [-0.05, 0) is 6.42 Å². The van der Waals surface area contributed by atoms with E-state index in [1.165, 1.54) is 8.61 Å². The number of hydrogen-bond acceptors (Lipinski definition) is 3. The van der Waals surface area contributed by atoms with Crippen LogP contribution in [0.1, 0.15) is 13.3 Å². The summed E-state index contributed by atoms with van der Waals surface area (Å²) in [6, 6.07) is 0. The molecule has 0 aromatic heterocycles. The van der Waals surface area contributed by atoms with Crippen molar-refractivity contribution >= 4 is 16.5 Å². The van der Waals surface area contributed by atoms with Crippen molar-refractivity contribution in [3.05, 3.63) is 0 Å². The van der Waals surface area contributed by atoms with Crippen molar-refractivity contribution in [3.8, 4) is 0 Å². The van der Waals surface area contributed by atoms with E-state index in [1.807, 2.05) is 0 Å². The lowest BCUT2D eigenvalue weighted by atomic mass is 10.4. The van der Waals surface area contributed by atoms with E-state index < -0.39 is 10.2 Å². The van der Waals surface area contributed by atoms with Crippen LogP contribution >= 0.6 is 0 Å². The molecule has 0 radical (unpaired) electrons. The maximum Gasteiger partial charge on any atom is 0.282 e. The summed E-state index contributed by atoms with van der Waals surface area (Å²) < 4.78 is 25.9. The fraction of sp³-hybridized carbons (Fsp3) is 0.857. The molecule has 1 saturated heterocycles. The highest BCUT2D eigenvalue weighted by molar-refractivity contribution is 7.86. The quantitative estimate of drug-likeness (QED) is 0.583. The smallest absolute Gasteiger partial charge is 0.282 e. The normalized spacial score (nSPS) is 24.4. The molecule has 0 bridgehead atoms. The molecule has 0 aliphatic carbocycles. The molecular formula is C7H14N2O3S. The topological polar surface area (TPSA) is 57.7 Å². The second-order valence-electron chi connectivity index (χ2n) is 2.88. The molecule has 0 atom stereocenters. The molecule has 5 nitrogen and oxygen atoms in total. The number of hydrogen-bond donors (Lipinski definition) is 0. The molecule has 0 unspecified atom stereocenters. The Morgan fingerprint density at radius 2 is 1.92 bits per heavy atom. The van der Waals surface area contributed by atoms with E-state index in [9.17, 15) is 13.2 Å². The van der Waals surface area contributed by atoms with Gasteiger partial charge in [-0.15, -0.1) is 0 Å². The molecule has 0 aromatic carbocycles. The highest BCUT2D eigenvalue weighted by Crippen LogP contribution is 2.14. The molecule has 1 aliphatic rings. The lowest BCUT2D eigenvalue weighted by molar-refractivity contribution is -0.108. The van der Waals surface area contributed by atoms with Crippen LogP contribution in [0.5, 0.6) is 0 Å². The Kier molecular flexibility index (Phi) is 3.40. The Morgan fingerprint density at radius 3 is 2.46 bits per heavy atom. The van der Waals surface area contributed by atoms with Crippen molar-refractivity contribution in [1.29, 1.82) is 0 Å². The first-order valence-corrected chi connectivity index (χ1v) is 5.71. The summed E-state index contributed by atoms with van der Waals surface area (Å²) in [7, 11) is -3.34. The van der Waals surface area contributed by atoms with E-state index in [-0.39, 0.29) is 6.54 Å². The molecular weight excluding hydrogens is 192 g/mol. The van der Waals surface area contributed by atoms with E-state index in [4.69, 9.17) is 0 Å². The standard InChI is InChI=1S/C7H14N2O3S/c1-2-8-4-3-5-9(6-7-10)13(8,11)12/h7H,2-6H2,1H3. The van der Waals surface area contributed by atoms with Crippen LogP contribution in [0.3, 0.4) is 0 Å². The Bertz CT molecular complexity index is 275. The molecule has 6 heteroatoms. The van der Waals surface area contributed by atoms with Crippen LogP contribution in [0.4, 0.5) is 0 Å². The third-order valence-corrected chi connectivity index (χ3v) is 4.18. The average molecular weight is 206 g/mol. The van der Waals surface area contributed by atoms with Crippen LogP contribution in [0.2, 0.25) is 0 Å². The van der Waals surface area contributed by atoms with Gasteiger partial charge < -0.3 is 4.79 Å². The van der Waals surface area contributed by atoms with Gasteiger partial charge in [0.25, 0.3) is 10.2 Å². The summed E-state index contributed by atoms with van der Waals surface area (Å²) in [6.07, 6.45) is 1.41. The fourth-order valence-electron chi connectivity index (χ4n) is 1.41. The van der Waals surface area contributed by atoms with E-state index in [1.54, 1.807) is 6.92 Å². The maximum atomic E-state index is 11.6. The van der Waals surface area contributed by atoms with Crippen molar-refractivity contribution in [2.75, 3.05) is 26.2 Å². The Labute approximate surface area is 78.5 Å². The molecule has 1 aliphatic heterocycles. The van der Waals surface area contributed by atoms with Crippen LogP contribution in [-0.4, -0.2) is 49.5 Å². The molecule has 76 valence electrons. The molecule has 1 rings (SSSR count). The Balaban J connectivity index is 2.81. The third kappa shape index (κ3) is 2.07. The number of carbonyl (C=O) groups is 1. The maximum absolute atomic E-state index is 11.6. The van der Waals surface area contributed by atoms with Crippen LogP contribution in [0, 0.1) is 0 Å². The molecule has 13 heavy (non-hydrogen) atoms. The Hall–Kier alpha value is -0.460. The third-order valence-electron chi connectivity index (χ3n) is 2.10. The van der Waals surface area contributed by atoms with Gasteiger partial charge in [0.1, 0.15) is 6.29 Å². The van der Waals surface area contributed by atoms with Crippen molar-refractivity contribution in [1.82, 2.24) is 8.61 Å². The monoisotopic (exact) mass is 206 g/mol. The van der Waals surface area contributed by atoms with Gasteiger partial charge >= 0.3 is 0 Å². The summed E-state index contributed by atoms with van der Waals surface area (Å²) in [4.78, 5) is 10.2. The minimum atomic E-state index is -3.34. The lowest BCUT2D eigenvalue weighted by Gasteiger charge is -2.32. The highest BCUT2D eigenvalue weighted by Gasteiger charge is 2.31. The van der Waals surface area contributed by atoms with Crippen molar-refractivity contribution in [2.24, 2.45) is 0 Å². The largest absolute Gasteiger partial charge is 0.302 e. The van der Waals surface area contributed by atoms with Gasteiger partial charge in [-0.2, -0.15) is 17.0 Å². The predicted molar refractivity (Wildman–Crippen MR) is 48.4 cm³/mol. The zero-order chi connectivity index (χ0) is 9.90. The summed E-state index contributed by atoms with van der Waals surface area (Å²) in [5.41, 5.74) is 0. The van der Waals surface area contributed by atoms with Gasteiger partial charge in [0.05, 0.1) is 6.54 Å². The zero-order valence-electron chi connectivity index (χ0n) is 7.64. The van der Waals surface area contributed by atoms with Gasteiger partial charge in [-0.25, -0.2) is 0 Å². The minimum Gasteiger partial charge on any atom is -0.302 e. The second-order valence-corrected chi connectivity index (χ2v) is 4.81. The number of carbonyl (C=O) groups excluding carboxylic acids is 1. The first-order chi connectivity index (χ1) is 6.12. The van der Waals surface area contributed by atoms with Crippen LogP contribution in [0.25, 0.3) is 0 Å². The fourth-order valence-corrected chi connectivity index (χ4v) is 3.03. The van der Waals surface area contributed by atoms with Gasteiger partial charge in [-0.3, -0.25) is 0 Å². The average Bonchev–Trinajstić information content (AvgIpc) is 2.08. The number of aldehydes is 1. The first kappa shape index (κ1) is 10.6. The summed E-state index contributed by atoms with van der Waals surface area (Å²) >= 11 is 0. The molecule has 1 fully saturated rings. The van der Waals surface area contributed by atoms with Crippen LogP contribution in [0.15, 0.2) is 0 Å². The Morgan fingerprint density at radius 1 is 1.31 bits per heavy atom. The molecule has 0 saturated carbocycles. The molecule has 0 aromatic rings. The van der Waals surface area contributed by atoms with Crippen molar-refractivity contribution < 1.29 is 13.2 Å². The first-order valence-electron chi connectivity index (χ1n) is 4.31. The number of rotatable bonds is 3. The minimum absolute atomic E-state index is 0.0289. The molecule has 1 heterocycles.